The highest BCUT2D eigenvalue weighted by atomic mass is 16.2. The van der Waals surface area contributed by atoms with Crippen LogP contribution in [0.5, 0.6) is 0 Å². The van der Waals surface area contributed by atoms with Crippen molar-refractivity contribution in [3.05, 3.63) is 48.3 Å². The first-order valence-electron chi connectivity index (χ1n) is 6.26. The van der Waals surface area contributed by atoms with Gasteiger partial charge in [0.2, 0.25) is 5.95 Å². The molecule has 96 valence electrons. The van der Waals surface area contributed by atoms with E-state index in [2.05, 4.69) is 15.3 Å². The van der Waals surface area contributed by atoms with Gasteiger partial charge in [0, 0.05) is 31.2 Å². The van der Waals surface area contributed by atoms with Gasteiger partial charge in [0.15, 0.2) is 0 Å². The molecule has 0 atom stereocenters. The third kappa shape index (κ3) is 2.54. The zero-order chi connectivity index (χ0) is 13.1. The van der Waals surface area contributed by atoms with Gasteiger partial charge < -0.3 is 10.2 Å². The molecule has 1 fully saturated rings. The molecule has 2 heterocycles. The molecule has 0 unspecified atom stereocenters. The number of para-hydroxylation sites is 1. The van der Waals surface area contributed by atoms with E-state index in [-0.39, 0.29) is 5.91 Å². The first-order valence-corrected chi connectivity index (χ1v) is 6.26. The predicted octanol–water partition coefficient (Wildman–Crippen LogP) is 2.07. The second-order valence-electron chi connectivity index (χ2n) is 4.43. The minimum atomic E-state index is 0.0116. The van der Waals surface area contributed by atoms with Crippen LogP contribution in [0.4, 0.5) is 11.6 Å². The first kappa shape index (κ1) is 11.6. The summed E-state index contributed by atoms with van der Waals surface area (Å²) >= 11 is 0. The van der Waals surface area contributed by atoms with Gasteiger partial charge in [0.25, 0.3) is 5.91 Å². The van der Waals surface area contributed by atoms with Crippen LogP contribution in [0.3, 0.4) is 0 Å². The van der Waals surface area contributed by atoms with Gasteiger partial charge in [-0.05, 0) is 18.6 Å². The van der Waals surface area contributed by atoms with Gasteiger partial charge >= 0.3 is 0 Å². The summed E-state index contributed by atoms with van der Waals surface area (Å²) in [5, 5.41) is 3.08. The number of benzene rings is 1. The molecule has 0 aliphatic carbocycles. The number of likely N-dealkylation sites (tertiary alicyclic amines) is 1. The summed E-state index contributed by atoms with van der Waals surface area (Å²) < 4.78 is 0. The Morgan fingerprint density at radius 1 is 1.11 bits per heavy atom. The molecular weight excluding hydrogens is 240 g/mol. The molecule has 1 N–H and O–H groups in total. The second-order valence-corrected chi connectivity index (χ2v) is 4.43. The molecule has 5 nitrogen and oxygen atoms in total. The molecule has 0 bridgehead atoms. The molecule has 1 saturated heterocycles. The Kier molecular flexibility index (Phi) is 3.10. The Bertz CT molecular complexity index is 564. The van der Waals surface area contributed by atoms with Gasteiger partial charge in [-0.25, -0.2) is 9.97 Å². The minimum Gasteiger partial charge on any atom is -0.338 e. The largest absolute Gasteiger partial charge is 0.338 e. The maximum absolute atomic E-state index is 11.9. The molecule has 1 amide bonds. The Labute approximate surface area is 111 Å². The van der Waals surface area contributed by atoms with Crippen molar-refractivity contribution in [2.24, 2.45) is 0 Å². The maximum Gasteiger partial charge on any atom is 0.256 e. The molecule has 0 saturated carbocycles. The van der Waals surface area contributed by atoms with E-state index in [1.54, 1.807) is 17.3 Å². The van der Waals surface area contributed by atoms with Crippen LogP contribution in [0.1, 0.15) is 16.8 Å². The summed E-state index contributed by atoms with van der Waals surface area (Å²) in [4.78, 5) is 22.0. The van der Waals surface area contributed by atoms with Crippen molar-refractivity contribution in [3.63, 3.8) is 0 Å². The molecule has 0 radical (unpaired) electrons. The summed E-state index contributed by atoms with van der Waals surface area (Å²) in [6, 6.07) is 9.68. The van der Waals surface area contributed by atoms with E-state index in [1.807, 2.05) is 30.3 Å². The monoisotopic (exact) mass is 254 g/mol. The Hall–Kier alpha value is -2.43. The van der Waals surface area contributed by atoms with Gasteiger partial charge in [-0.15, -0.1) is 0 Å². The van der Waals surface area contributed by atoms with Crippen LogP contribution >= 0.6 is 0 Å². The molecule has 19 heavy (non-hydrogen) atoms. The number of nitrogens with one attached hydrogen (secondary N) is 1. The molecule has 0 spiro atoms. The van der Waals surface area contributed by atoms with Crippen molar-refractivity contribution in [3.8, 4) is 0 Å². The smallest absolute Gasteiger partial charge is 0.256 e. The summed E-state index contributed by atoms with van der Waals surface area (Å²) in [6.07, 6.45) is 4.22. The van der Waals surface area contributed by atoms with E-state index < -0.39 is 0 Å². The summed E-state index contributed by atoms with van der Waals surface area (Å²) in [6.45, 7) is 1.67. The number of carbonyl (C=O) groups excluding carboxylic acids is 1. The normalized spacial score (nSPS) is 13.8. The van der Waals surface area contributed by atoms with Gasteiger partial charge in [0.05, 0.1) is 5.56 Å². The SMILES string of the molecule is O=C(c1cnc(Nc2ccccc2)nc1)N1CCC1. The number of hydrogen-bond acceptors (Lipinski definition) is 4. The van der Waals surface area contributed by atoms with Crippen molar-refractivity contribution in [2.75, 3.05) is 18.4 Å². The number of nitrogens with zero attached hydrogens (tertiary/aromatic N) is 3. The van der Waals surface area contributed by atoms with Crippen molar-refractivity contribution in [1.29, 1.82) is 0 Å². The van der Waals surface area contributed by atoms with Gasteiger partial charge in [-0.1, -0.05) is 18.2 Å². The van der Waals surface area contributed by atoms with Crippen LogP contribution in [-0.2, 0) is 0 Å². The Balaban J connectivity index is 1.70. The molecular formula is C14H14N4O. The number of hydrogen-bond donors (Lipinski definition) is 1. The minimum absolute atomic E-state index is 0.0116. The molecule has 2 aromatic rings. The predicted molar refractivity (Wildman–Crippen MR) is 72.3 cm³/mol. The van der Waals surface area contributed by atoms with E-state index in [0.29, 0.717) is 11.5 Å². The van der Waals surface area contributed by atoms with Crippen LogP contribution in [0.2, 0.25) is 0 Å². The lowest BCUT2D eigenvalue weighted by Crippen LogP contribution is -2.42. The third-order valence-electron chi connectivity index (χ3n) is 3.07. The highest BCUT2D eigenvalue weighted by Crippen LogP contribution is 2.14. The van der Waals surface area contributed by atoms with Gasteiger partial charge in [-0.3, -0.25) is 4.79 Å². The average molecular weight is 254 g/mol. The zero-order valence-corrected chi connectivity index (χ0v) is 10.4. The fourth-order valence-electron chi connectivity index (χ4n) is 1.86. The molecule has 1 aliphatic heterocycles. The maximum atomic E-state index is 11.9. The van der Waals surface area contributed by atoms with Crippen LogP contribution < -0.4 is 5.32 Å². The molecule has 1 aromatic heterocycles. The highest BCUT2D eigenvalue weighted by molar-refractivity contribution is 5.94. The Morgan fingerprint density at radius 3 is 2.37 bits per heavy atom. The molecule has 3 rings (SSSR count). The van der Waals surface area contributed by atoms with Gasteiger partial charge in [-0.2, -0.15) is 0 Å². The van der Waals surface area contributed by atoms with Gasteiger partial charge in [0.1, 0.15) is 0 Å². The highest BCUT2D eigenvalue weighted by Gasteiger charge is 2.21. The van der Waals surface area contributed by atoms with E-state index in [0.717, 1.165) is 25.2 Å². The molecule has 1 aromatic carbocycles. The fraction of sp³-hybridized carbons (Fsp3) is 0.214. The van der Waals surface area contributed by atoms with Crippen molar-refractivity contribution in [1.82, 2.24) is 14.9 Å². The lowest BCUT2D eigenvalue weighted by molar-refractivity contribution is 0.0651. The summed E-state index contributed by atoms with van der Waals surface area (Å²) in [5.74, 6) is 0.504. The molecule has 1 aliphatic rings. The summed E-state index contributed by atoms with van der Waals surface area (Å²) in [7, 11) is 0. The second kappa shape index (κ2) is 5.06. The Morgan fingerprint density at radius 2 is 1.79 bits per heavy atom. The number of rotatable bonds is 3. The van der Waals surface area contributed by atoms with E-state index >= 15 is 0 Å². The fourth-order valence-corrected chi connectivity index (χ4v) is 1.86. The van der Waals surface area contributed by atoms with E-state index in [9.17, 15) is 4.79 Å². The van der Waals surface area contributed by atoms with Crippen molar-refractivity contribution in [2.45, 2.75) is 6.42 Å². The summed E-state index contributed by atoms with van der Waals surface area (Å²) in [5.41, 5.74) is 1.46. The van der Waals surface area contributed by atoms with E-state index in [4.69, 9.17) is 0 Å². The topological polar surface area (TPSA) is 58.1 Å². The number of amides is 1. The standard InChI is InChI=1S/C14H14N4O/c19-13(18-7-4-8-18)11-9-15-14(16-10-11)17-12-5-2-1-3-6-12/h1-3,5-6,9-10H,4,7-8H2,(H,15,16,17). The quantitative estimate of drug-likeness (QED) is 0.911. The number of aromatic nitrogens is 2. The lowest BCUT2D eigenvalue weighted by Gasteiger charge is -2.30. The zero-order valence-electron chi connectivity index (χ0n) is 10.4. The number of anilines is 2. The first-order chi connectivity index (χ1) is 9.33. The van der Waals surface area contributed by atoms with Crippen molar-refractivity contribution >= 4 is 17.5 Å². The van der Waals surface area contributed by atoms with Crippen LogP contribution in [0, 0.1) is 0 Å². The lowest BCUT2D eigenvalue weighted by atomic mass is 10.2. The van der Waals surface area contributed by atoms with Crippen LogP contribution in [0.15, 0.2) is 42.7 Å². The third-order valence-corrected chi connectivity index (χ3v) is 3.07. The number of carbonyl (C=O) groups is 1. The van der Waals surface area contributed by atoms with Crippen molar-refractivity contribution < 1.29 is 4.79 Å². The van der Waals surface area contributed by atoms with Crippen LogP contribution in [-0.4, -0.2) is 33.9 Å². The molecule has 5 heteroatoms. The van der Waals surface area contributed by atoms with Crippen LogP contribution in [0.25, 0.3) is 0 Å². The average Bonchev–Trinajstić information content (AvgIpc) is 2.39. The van der Waals surface area contributed by atoms with E-state index in [1.165, 1.54) is 0 Å².